The van der Waals surface area contributed by atoms with Gasteiger partial charge in [-0.2, -0.15) is 4.98 Å². The molecular weight excluding hydrogens is 245 g/mol. The Labute approximate surface area is 104 Å². The van der Waals surface area contributed by atoms with Crippen LogP contribution in [0.15, 0.2) is 6.20 Å². The van der Waals surface area contributed by atoms with Gasteiger partial charge in [0.05, 0.1) is 19.4 Å². The smallest absolute Gasteiger partial charge is 0.224 e. The molecule has 0 radical (unpaired) electrons. The van der Waals surface area contributed by atoms with Gasteiger partial charge >= 0.3 is 0 Å². The zero-order chi connectivity index (χ0) is 11.9. The van der Waals surface area contributed by atoms with Gasteiger partial charge in [0.1, 0.15) is 0 Å². The Hall–Kier alpha value is -0.940. The van der Waals surface area contributed by atoms with Crippen LogP contribution in [-0.4, -0.2) is 36.3 Å². The van der Waals surface area contributed by atoms with Crippen molar-refractivity contribution in [3.05, 3.63) is 17.3 Å². The molecule has 2 aliphatic rings. The molecule has 0 bridgehead atoms. The highest BCUT2D eigenvalue weighted by Crippen LogP contribution is 2.47. The summed E-state index contributed by atoms with van der Waals surface area (Å²) >= 11 is 5.72. The summed E-state index contributed by atoms with van der Waals surface area (Å²) in [4.78, 5) is 9.53. The summed E-state index contributed by atoms with van der Waals surface area (Å²) in [6.07, 6.45) is 3.41. The summed E-state index contributed by atoms with van der Waals surface area (Å²) < 4.78 is 19.2. The normalized spacial score (nSPS) is 22.6. The number of hydrogen-bond acceptors (Lipinski definition) is 4. The molecule has 0 aromatic carbocycles. The molecule has 2 heterocycles. The number of halogens is 2. The average molecular weight is 258 g/mol. The largest absolute Gasteiger partial charge is 0.379 e. The Morgan fingerprint density at radius 1 is 1.47 bits per heavy atom. The van der Waals surface area contributed by atoms with Crippen molar-refractivity contribution in [1.82, 2.24) is 9.97 Å². The summed E-state index contributed by atoms with van der Waals surface area (Å²) in [5, 5.41) is 0.0800. The van der Waals surface area contributed by atoms with Gasteiger partial charge in [0.15, 0.2) is 11.6 Å². The van der Waals surface area contributed by atoms with Crippen LogP contribution in [0.25, 0.3) is 0 Å². The van der Waals surface area contributed by atoms with E-state index in [1.54, 1.807) is 0 Å². The van der Waals surface area contributed by atoms with Gasteiger partial charge in [-0.3, -0.25) is 0 Å². The summed E-state index contributed by atoms with van der Waals surface area (Å²) in [7, 11) is 0. The van der Waals surface area contributed by atoms with E-state index in [1.807, 2.05) is 4.90 Å². The van der Waals surface area contributed by atoms with Gasteiger partial charge in [-0.05, 0) is 24.4 Å². The third-order valence-corrected chi connectivity index (χ3v) is 3.58. The van der Waals surface area contributed by atoms with Crippen LogP contribution in [0.5, 0.6) is 0 Å². The highest BCUT2D eigenvalue weighted by atomic mass is 35.5. The monoisotopic (exact) mass is 257 g/mol. The van der Waals surface area contributed by atoms with Crippen molar-refractivity contribution < 1.29 is 9.13 Å². The third-order valence-electron chi connectivity index (χ3n) is 3.39. The second-order valence-corrected chi connectivity index (χ2v) is 5.12. The van der Waals surface area contributed by atoms with E-state index in [9.17, 15) is 4.39 Å². The minimum absolute atomic E-state index is 0.0800. The highest BCUT2D eigenvalue weighted by molar-refractivity contribution is 6.28. The highest BCUT2D eigenvalue weighted by Gasteiger charge is 2.45. The van der Waals surface area contributed by atoms with Gasteiger partial charge < -0.3 is 9.64 Å². The second kappa shape index (κ2) is 4.07. The zero-order valence-electron chi connectivity index (χ0n) is 9.33. The SMILES string of the molecule is Fc1cnc(Cl)nc1N1CCOCC2(CC2)C1. The molecule has 0 unspecified atom stereocenters. The molecule has 6 heteroatoms. The molecular formula is C11H13ClFN3O. The van der Waals surface area contributed by atoms with Crippen molar-refractivity contribution in [2.24, 2.45) is 5.41 Å². The third kappa shape index (κ3) is 2.21. The molecule has 2 fully saturated rings. The Balaban J connectivity index is 1.88. The summed E-state index contributed by atoms with van der Waals surface area (Å²) in [5.41, 5.74) is 0.209. The molecule has 3 rings (SSSR count). The summed E-state index contributed by atoms with van der Waals surface area (Å²) in [5.74, 6) is -0.131. The van der Waals surface area contributed by atoms with E-state index in [4.69, 9.17) is 16.3 Å². The summed E-state index contributed by atoms with van der Waals surface area (Å²) in [6.45, 7) is 2.80. The zero-order valence-corrected chi connectivity index (χ0v) is 10.1. The van der Waals surface area contributed by atoms with E-state index in [0.29, 0.717) is 19.0 Å². The first-order chi connectivity index (χ1) is 8.19. The fourth-order valence-corrected chi connectivity index (χ4v) is 2.34. The van der Waals surface area contributed by atoms with Crippen LogP contribution >= 0.6 is 11.6 Å². The Morgan fingerprint density at radius 2 is 2.29 bits per heavy atom. The van der Waals surface area contributed by atoms with Gasteiger partial charge in [0.25, 0.3) is 0 Å². The predicted molar refractivity (Wildman–Crippen MR) is 61.7 cm³/mol. The fourth-order valence-electron chi connectivity index (χ4n) is 2.21. The predicted octanol–water partition coefficient (Wildman–Crippen LogP) is 1.89. The quantitative estimate of drug-likeness (QED) is 0.720. The number of nitrogens with zero attached hydrogens (tertiary/aromatic N) is 3. The van der Waals surface area contributed by atoms with E-state index >= 15 is 0 Å². The molecule has 0 amide bonds. The van der Waals surface area contributed by atoms with E-state index in [2.05, 4.69) is 9.97 Å². The van der Waals surface area contributed by atoms with Crippen molar-refractivity contribution in [3.8, 4) is 0 Å². The van der Waals surface area contributed by atoms with Gasteiger partial charge in [0, 0.05) is 18.5 Å². The standard InChI is InChI=1S/C11H13ClFN3O/c12-10-14-5-8(13)9(15-10)16-3-4-17-7-11(6-16)1-2-11/h5H,1-4,6-7H2. The topological polar surface area (TPSA) is 38.2 Å². The average Bonchev–Trinajstić information content (AvgIpc) is 3.10. The molecule has 1 saturated heterocycles. The van der Waals surface area contributed by atoms with Gasteiger partial charge in [-0.15, -0.1) is 0 Å². The Morgan fingerprint density at radius 3 is 3.06 bits per heavy atom. The second-order valence-electron chi connectivity index (χ2n) is 4.78. The molecule has 1 aliphatic carbocycles. The van der Waals surface area contributed by atoms with Crippen LogP contribution in [0.4, 0.5) is 10.2 Å². The number of hydrogen-bond donors (Lipinski definition) is 0. The molecule has 1 aliphatic heterocycles. The van der Waals surface area contributed by atoms with Crippen LogP contribution < -0.4 is 4.90 Å². The van der Waals surface area contributed by atoms with Crippen molar-refractivity contribution >= 4 is 17.4 Å². The summed E-state index contributed by atoms with van der Waals surface area (Å²) in [6, 6.07) is 0. The molecule has 1 spiro atoms. The number of anilines is 1. The minimum Gasteiger partial charge on any atom is -0.379 e. The van der Waals surface area contributed by atoms with E-state index in [-0.39, 0.29) is 10.7 Å². The van der Waals surface area contributed by atoms with Crippen LogP contribution in [0.1, 0.15) is 12.8 Å². The molecule has 1 saturated carbocycles. The maximum atomic E-state index is 13.7. The molecule has 1 aromatic heterocycles. The lowest BCUT2D eigenvalue weighted by molar-refractivity contribution is 0.116. The lowest BCUT2D eigenvalue weighted by atomic mass is 10.1. The first-order valence-corrected chi connectivity index (χ1v) is 6.07. The van der Waals surface area contributed by atoms with Crippen molar-refractivity contribution in [3.63, 3.8) is 0 Å². The van der Waals surface area contributed by atoms with Gasteiger partial charge in [-0.25, -0.2) is 9.37 Å². The Bertz CT molecular complexity index is 439. The van der Waals surface area contributed by atoms with Crippen LogP contribution in [0.3, 0.4) is 0 Å². The lowest BCUT2D eigenvalue weighted by Crippen LogP contribution is -2.32. The number of ether oxygens (including phenoxy) is 1. The maximum absolute atomic E-state index is 13.7. The van der Waals surface area contributed by atoms with Crippen molar-refractivity contribution in [2.75, 3.05) is 31.2 Å². The van der Waals surface area contributed by atoms with Crippen molar-refractivity contribution in [2.45, 2.75) is 12.8 Å². The molecule has 4 nitrogen and oxygen atoms in total. The fraction of sp³-hybridized carbons (Fsp3) is 0.636. The van der Waals surface area contributed by atoms with Gasteiger partial charge in [0.2, 0.25) is 5.28 Å². The number of rotatable bonds is 1. The number of aromatic nitrogens is 2. The Kier molecular flexibility index (Phi) is 2.67. The van der Waals surface area contributed by atoms with Crippen molar-refractivity contribution in [1.29, 1.82) is 0 Å². The molecule has 17 heavy (non-hydrogen) atoms. The molecule has 92 valence electrons. The van der Waals surface area contributed by atoms with Gasteiger partial charge in [-0.1, -0.05) is 0 Å². The van der Waals surface area contributed by atoms with E-state index < -0.39 is 5.82 Å². The lowest BCUT2D eigenvalue weighted by Gasteiger charge is -2.24. The molecule has 0 N–H and O–H groups in total. The first-order valence-electron chi connectivity index (χ1n) is 5.69. The van der Waals surface area contributed by atoms with Crippen LogP contribution in [0.2, 0.25) is 5.28 Å². The minimum atomic E-state index is -0.424. The van der Waals surface area contributed by atoms with E-state index in [0.717, 1.165) is 32.2 Å². The van der Waals surface area contributed by atoms with Crippen LogP contribution in [0, 0.1) is 11.2 Å². The van der Waals surface area contributed by atoms with E-state index in [1.165, 1.54) is 0 Å². The van der Waals surface area contributed by atoms with Crippen LogP contribution in [-0.2, 0) is 4.74 Å². The molecule has 0 atom stereocenters. The first kappa shape index (κ1) is 11.2. The molecule has 1 aromatic rings. The maximum Gasteiger partial charge on any atom is 0.224 e.